The Hall–Kier alpha value is -0.107. The van der Waals surface area contributed by atoms with Crippen LogP contribution in [0, 0.1) is 70.8 Å². The van der Waals surface area contributed by atoms with Crippen LogP contribution < -0.4 is 0 Å². The molecule has 4 heteroatoms. The van der Waals surface area contributed by atoms with E-state index in [4.69, 9.17) is 11.7 Å². The molecule has 27 heavy (non-hydrogen) atoms. The average molecular weight is 450 g/mol. The van der Waals surface area contributed by atoms with Gasteiger partial charge in [-0.1, -0.05) is 26.2 Å². The summed E-state index contributed by atoms with van der Waals surface area (Å²) in [6.45, 7) is 14.7. The zero-order chi connectivity index (χ0) is 20.2. The fraction of sp³-hybridized carbons (Fsp3) is 0.435. The summed E-state index contributed by atoms with van der Waals surface area (Å²) in [5.74, 6) is 0. The van der Waals surface area contributed by atoms with E-state index >= 15 is 0 Å². The quantitative estimate of drug-likeness (QED) is 0.414. The molecule has 2 fully saturated rings. The number of nitrogens with zero attached hydrogens (tertiary/aromatic N) is 1. The third kappa shape index (κ3) is 23.9. The van der Waals surface area contributed by atoms with Crippen molar-refractivity contribution in [2.75, 3.05) is 0 Å². The Morgan fingerprint density at radius 1 is 0.889 bits per heavy atom. The minimum absolute atomic E-state index is 0. The maximum atomic E-state index is 10.5. The summed E-state index contributed by atoms with van der Waals surface area (Å²) in [4.78, 5) is 11.9. The van der Waals surface area contributed by atoms with Gasteiger partial charge in [0, 0.05) is 12.1 Å². The van der Waals surface area contributed by atoms with E-state index in [2.05, 4.69) is 6.92 Å². The first-order valence-corrected chi connectivity index (χ1v) is 9.26. The molecule has 0 aliphatic heterocycles. The molecule has 0 spiro atoms. The Labute approximate surface area is 189 Å². The maximum absolute atomic E-state index is 10.5. The van der Waals surface area contributed by atoms with E-state index in [0.717, 1.165) is 6.42 Å². The normalized spacial score (nSPS) is 14.6. The van der Waals surface area contributed by atoms with Gasteiger partial charge in [-0.2, -0.15) is 0 Å². The van der Waals surface area contributed by atoms with Gasteiger partial charge < -0.3 is 16.6 Å². The smallest absolute Gasteiger partial charge is 0.518 e. The van der Waals surface area contributed by atoms with Crippen LogP contribution in [-0.4, -0.2) is 28.2 Å². The number of hydrogen-bond donors (Lipinski definition) is 1. The van der Waals surface area contributed by atoms with E-state index in [9.17, 15) is 4.79 Å². The standard InChI is InChI=1S/C7H15NO2.C6H11.2C5H5.Zr/c1-5(2)8(6(3)4)7(9)10;1-3-5-6-4-2;2*1-2-4-5-3-1;/h5-6H,1-4H3,(H,9,10);1,3H,4-6H2,2H3;2*1-5H;/q;-1;;;+3. The van der Waals surface area contributed by atoms with Crippen LogP contribution in [0.3, 0.4) is 0 Å². The number of rotatable bonds is 5. The van der Waals surface area contributed by atoms with Gasteiger partial charge >= 0.3 is 32.3 Å². The Bertz CT molecular complexity index is 278. The molecular weight excluding hydrogens is 413 g/mol. The molecule has 0 aromatic heterocycles. The summed E-state index contributed by atoms with van der Waals surface area (Å²) in [6, 6.07) is 0.134. The summed E-state index contributed by atoms with van der Waals surface area (Å²) in [5, 5.41) is 8.64. The van der Waals surface area contributed by atoms with Crippen LogP contribution in [0.4, 0.5) is 4.79 Å². The van der Waals surface area contributed by atoms with Crippen LogP contribution in [-0.2, 0) is 26.2 Å². The van der Waals surface area contributed by atoms with Gasteiger partial charge in [0.2, 0.25) is 0 Å². The van der Waals surface area contributed by atoms with Crippen molar-refractivity contribution in [3.8, 4) is 0 Å². The summed E-state index contributed by atoms with van der Waals surface area (Å²) < 4.78 is 0. The van der Waals surface area contributed by atoms with Crippen molar-refractivity contribution in [3.63, 3.8) is 0 Å². The molecule has 0 saturated heterocycles. The van der Waals surface area contributed by atoms with E-state index < -0.39 is 6.09 Å². The van der Waals surface area contributed by atoms with Crippen molar-refractivity contribution in [2.45, 2.75) is 66.0 Å². The molecule has 3 nitrogen and oxygen atoms in total. The average Bonchev–Trinajstić information content (AvgIpc) is 3.30. The van der Waals surface area contributed by atoms with Gasteiger partial charge in [0.05, 0.1) is 0 Å². The van der Waals surface area contributed by atoms with Crippen molar-refractivity contribution in [2.24, 2.45) is 0 Å². The van der Waals surface area contributed by atoms with E-state index in [1.807, 2.05) is 91.9 Å². The fourth-order valence-corrected chi connectivity index (χ4v) is 2.00. The predicted octanol–water partition coefficient (Wildman–Crippen LogP) is 5.99. The molecule has 2 aliphatic rings. The van der Waals surface area contributed by atoms with Crippen molar-refractivity contribution < 1.29 is 36.1 Å². The molecule has 11 radical (unpaired) electrons. The Kier molecular flexibility index (Phi) is 28.0. The van der Waals surface area contributed by atoms with Crippen molar-refractivity contribution in [1.82, 2.24) is 4.90 Å². The zero-order valence-electron chi connectivity index (χ0n) is 17.5. The summed E-state index contributed by atoms with van der Waals surface area (Å²) in [5.41, 5.74) is 0. The SMILES string of the molecule is CC(C)N(C(=O)O)C(C)C.[CH-]=CCCCC.[CH]1[CH][CH][CH][CH]1.[CH]1[CH][CH][CH][CH]1.[Zr+3]. The molecule has 147 valence electrons. The Morgan fingerprint density at radius 3 is 1.26 bits per heavy atom. The maximum Gasteiger partial charge on any atom is 3.00 e. The first-order valence-electron chi connectivity index (χ1n) is 9.26. The van der Waals surface area contributed by atoms with Crippen LogP contribution in [0.5, 0.6) is 0 Å². The third-order valence-electron chi connectivity index (χ3n) is 3.17. The zero-order valence-corrected chi connectivity index (χ0v) is 20.0. The van der Waals surface area contributed by atoms with Crippen LogP contribution >= 0.6 is 0 Å². The van der Waals surface area contributed by atoms with Crippen LogP contribution in [0.15, 0.2) is 6.08 Å². The van der Waals surface area contributed by atoms with E-state index in [-0.39, 0.29) is 38.3 Å². The van der Waals surface area contributed by atoms with Crippen LogP contribution in [0.2, 0.25) is 0 Å². The van der Waals surface area contributed by atoms with Crippen LogP contribution in [0.1, 0.15) is 53.9 Å². The number of allylic oxidation sites excluding steroid dienone is 1. The van der Waals surface area contributed by atoms with E-state index in [1.54, 1.807) is 6.08 Å². The number of hydrogen-bond acceptors (Lipinski definition) is 1. The second-order valence-electron chi connectivity index (χ2n) is 6.18. The third-order valence-corrected chi connectivity index (χ3v) is 3.17. The molecule has 0 heterocycles. The Morgan fingerprint density at radius 2 is 1.19 bits per heavy atom. The minimum atomic E-state index is -0.843. The number of unbranched alkanes of at least 4 members (excludes halogenated alkanes) is 2. The number of amides is 1. The summed E-state index contributed by atoms with van der Waals surface area (Å²) in [6.07, 6.45) is 24.4. The topological polar surface area (TPSA) is 40.5 Å². The van der Waals surface area contributed by atoms with Crippen molar-refractivity contribution in [3.05, 3.63) is 76.9 Å². The number of carbonyl (C=O) groups is 1. The second kappa shape index (κ2) is 23.9. The molecule has 2 saturated carbocycles. The van der Waals surface area contributed by atoms with Gasteiger partial charge in [0.25, 0.3) is 0 Å². The van der Waals surface area contributed by atoms with Crippen molar-refractivity contribution in [1.29, 1.82) is 0 Å². The number of carboxylic acid groups (broad SMARTS) is 1. The van der Waals surface area contributed by atoms with Crippen LogP contribution in [0.25, 0.3) is 0 Å². The van der Waals surface area contributed by atoms with Gasteiger partial charge in [-0.15, -0.1) is 0 Å². The molecular formula is C23H36NO2Zr+2. The van der Waals surface area contributed by atoms with Crippen molar-refractivity contribution >= 4 is 6.09 Å². The van der Waals surface area contributed by atoms with Gasteiger partial charge in [0.1, 0.15) is 0 Å². The molecule has 0 bridgehead atoms. The van der Waals surface area contributed by atoms with Gasteiger partial charge in [-0.25, -0.2) is 4.79 Å². The first kappa shape index (κ1) is 31.6. The van der Waals surface area contributed by atoms with Gasteiger partial charge in [0.15, 0.2) is 0 Å². The first-order chi connectivity index (χ1) is 12.4. The molecule has 0 aromatic carbocycles. The fourth-order valence-electron chi connectivity index (χ4n) is 2.00. The van der Waals surface area contributed by atoms with Gasteiger partial charge in [-0.3, -0.25) is 6.08 Å². The minimum Gasteiger partial charge on any atom is -0.518 e. The molecule has 0 unspecified atom stereocenters. The molecule has 2 aliphatic carbocycles. The predicted molar refractivity (Wildman–Crippen MR) is 112 cm³/mol. The Balaban J connectivity index is -0.000000293. The summed E-state index contributed by atoms with van der Waals surface area (Å²) >= 11 is 0. The molecule has 0 atom stereocenters. The van der Waals surface area contributed by atoms with E-state index in [1.165, 1.54) is 17.7 Å². The molecule has 0 aromatic rings. The molecule has 1 N–H and O–H groups in total. The summed E-state index contributed by atoms with van der Waals surface area (Å²) in [7, 11) is 0. The monoisotopic (exact) mass is 448 g/mol. The van der Waals surface area contributed by atoms with E-state index in [0.29, 0.717) is 0 Å². The molecule has 1 amide bonds. The second-order valence-corrected chi connectivity index (χ2v) is 6.18. The largest absolute Gasteiger partial charge is 3.00 e. The molecule has 2 rings (SSSR count). The van der Waals surface area contributed by atoms with Gasteiger partial charge in [-0.05, 0) is 91.9 Å².